The van der Waals surface area contributed by atoms with Gasteiger partial charge in [-0.15, -0.1) is 0 Å². The topological polar surface area (TPSA) is 70.8 Å². The third-order valence-electron chi connectivity index (χ3n) is 5.08. The van der Waals surface area contributed by atoms with Gasteiger partial charge in [0.05, 0.1) is 24.4 Å². The number of ketones is 1. The number of carbonyl (C=O) groups is 2. The number of aliphatic hydroxyl groups is 1. The molecule has 0 saturated carbocycles. The lowest BCUT2D eigenvalue weighted by molar-refractivity contribution is -0.140. The standard InChI is InChI=1S/C23H17BrFNO4/c1-13-4-5-15(11-18(13)25)21(27)19-20(14-6-8-16(24)9-7-14)26(23(29)22(19)28)12-17-3-2-10-30-17/h2-11,20,27H,12H2,1H3/b21-19-. The predicted molar refractivity (Wildman–Crippen MR) is 112 cm³/mol. The fourth-order valence-electron chi connectivity index (χ4n) is 3.50. The number of halogens is 2. The van der Waals surface area contributed by atoms with Crippen LogP contribution in [0.2, 0.25) is 0 Å². The van der Waals surface area contributed by atoms with Crippen LogP contribution in [0.4, 0.5) is 4.39 Å². The molecule has 1 atom stereocenters. The highest BCUT2D eigenvalue weighted by molar-refractivity contribution is 9.10. The summed E-state index contributed by atoms with van der Waals surface area (Å²) < 4.78 is 20.3. The summed E-state index contributed by atoms with van der Waals surface area (Å²) in [6.45, 7) is 1.65. The lowest BCUT2D eigenvalue weighted by Gasteiger charge is -2.24. The first-order valence-corrected chi connectivity index (χ1v) is 9.99. The number of nitrogens with zero attached hydrogens (tertiary/aromatic N) is 1. The molecule has 1 aromatic heterocycles. The van der Waals surface area contributed by atoms with Gasteiger partial charge in [-0.2, -0.15) is 0 Å². The summed E-state index contributed by atoms with van der Waals surface area (Å²) in [5.41, 5.74) is 1.10. The van der Waals surface area contributed by atoms with E-state index in [4.69, 9.17) is 4.42 Å². The van der Waals surface area contributed by atoms with Crippen molar-refractivity contribution in [1.82, 2.24) is 4.90 Å². The Labute approximate surface area is 180 Å². The molecule has 1 N–H and O–H groups in total. The quantitative estimate of drug-likeness (QED) is 0.327. The van der Waals surface area contributed by atoms with Crippen LogP contribution < -0.4 is 0 Å². The third-order valence-corrected chi connectivity index (χ3v) is 5.61. The second-order valence-corrected chi connectivity index (χ2v) is 7.94. The maximum atomic E-state index is 14.1. The van der Waals surface area contributed by atoms with E-state index in [1.54, 1.807) is 43.3 Å². The van der Waals surface area contributed by atoms with E-state index in [-0.39, 0.29) is 17.7 Å². The maximum Gasteiger partial charge on any atom is 0.296 e. The van der Waals surface area contributed by atoms with Crippen molar-refractivity contribution >= 4 is 33.4 Å². The van der Waals surface area contributed by atoms with Crippen LogP contribution in [-0.4, -0.2) is 21.7 Å². The molecule has 30 heavy (non-hydrogen) atoms. The van der Waals surface area contributed by atoms with Gasteiger partial charge in [-0.1, -0.05) is 40.2 Å². The van der Waals surface area contributed by atoms with E-state index in [1.165, 1.54) is 23.3 Å². The van der Waals surface area contributed by atoms with Gasteiger partial charge in [0, 0.05) is 10.0 Å². The number of aliphatic hydroxyl groups excluding tert-OH is 1. The van der Waals surface area contributed by atoms with Crippen molar-refractivity contribution in [3.63, 3.8) is 0 Å². The smallest absolute Gasteiger partial charge is 0.296 e. The van der Waals surface area contributed by atoms with Crippen molar-refractivity contribution in [3.05, 3.63) is 99.2 Å². The second kappa shape index (κ2) is 7.91. The molecule has 1 fully saturated rings. The predicted octanol–water partition coefficient (Wildman–Crippen LogP) is 5.11. The van der Waals surface area contributed by atoms with Gasteiger partial charge in [-0.05, 0) is 48.4 Å². The molecule has 152 valence electrons. The Morgan fingerprint density at radius 3 is 2.53 bits per heavy atom. The molecule has 1 amide bonds. The van der Waals surface area contributed by atoms with E-state index in [0.717, 1.165) is 10.5 Å². The van der Waals surface area contributed by atoms with Crippen molar-refractivity contribution in [2.45, 2.75) is 19.5 Å². The fourth-order valence-corrected chi connectivity index (χ4v) is 3.77. The van der Waals surface area contributed by atoms with E-state index >= 15 is 0 Å². The van der Waals surface area contributed by atoms with Crippen molar-refractivity contribution in [1.29, 1.82) is 0 Å². The summed E-state index contributed by atoms with van der Waals surface area (Å²) in [6.07, 6.45) is 1.48. The maximum absolute atomic E-state index is 14.1. The van der Waals surface area contributed by atoms with Crippen molar-refractivity contribution in [2.75, 3.05) is 0 Å². The minimum atomic E-state index is -0.840. The van der Waals surface area contributed by atoms with Crippen molar-refractivity contribution < 1.29 is 23.5 Å². The molecule has 1 aliphatic rings. The number of furan rings is 1. The number of amides is 1. The summed E-state index contributed by atoms with van der Waals surface area (Å²) >= 11 is 3.37. The van der Waals surface area contributed by atoms with Gasteiger partial charge in [-0.25, -0.2) is 4.39 Å². The Hall–Kier alpha value is -3.19. The summed E-state index contributed by atoms with van der Waals surface area (Å²) in [4.78, 5) is 27.1. The average molecular weight is 470 g/mol. The highest BCUT2D eigenvalue weighted by Crippen LogP contribution is 2.40. The SMILES string of the molecule is Cc1ccc(/C(O)=C2/C(=O)C(=O)N(Cc3ccco3)C2c2ccc(Br)cc2)cc1F. The van der Waals surface area contributed by atoms with Gasteiger partial charge in [0.1, 0.15) is 17.3 Å². The number of carbonyl (C=O) groups excluding carboxylic acids is 2. The summed E-state index contributed by atoms with van der Waals surface area (Å²) in [6, 6.07) is 13.8. The first-order valence-electron chi connectivity index (χ1n) is 9.19. The Morgan fingerprint density at radius 2 is 1.90 bits per heavy atom. The van der Waals surface area contributed by atoms with Crippen molar-refractivity contribution in [2.24, 2.45) is 0 Å². The zero-order chi connectivity index (χ0) is 21.4. The monoisotopic (exact) mass is 469 g/mol. The number of benzene rings is 2. The zero-order valence-corrected chi connectivity index (χ0v) is 17.5. The Balaban J connectivity index is 1.87. The van der Waals surface area contributed by atoms with Gasteiger partial charge in [0.15, 0.2) is 0 Å². The zero-order valence-electron chi connectivity index (χ0n) is 15.9. The molecule has 1 saturated heterocycles. The minimum absolute atomic E-state index is 0.0529. The molecule has 0 aliphatic carbocycles. The molecule has 3 aromatic rings. The normalized spacial score (nSPS) is 18.2. The molecular formula is C23H17BrFNO4. The van der Waals surface area contributed by atoms with E-state index in [2.05, 4.69) is 15.9 Å². The van der Waals surface area contributed by atoms with E-state index < -0.39 is 29.3 Å². The van der Waals surface area contributed by atoms with Gasteiger partial charge < -0.3 is 14.4 Å². The highest BCUT2D eigenvalue weighted by atomic mass is 79.9. The van der Waals surface area contributed by atoms with Gasteiger partial charge in [-0.3, -0.25) is 9.59 Å². The molecule has 4 rings (SSSR count). The lowest BCUT2D eigenvalue weighted by Crippen LogP contribution is -2.29. The molecule has 2 aromatic carbocycles. The number of Topliss-reactive ketones (excluding diaryl/α,β-unsaturated/α-hetero) is 1. The summed E-state index contributed by atoms with van der Waals surface area (Å²) in [7, 11) is 0. The molecule has 5 nitrogen and oxygen atoms in total. The number of rotatable bonds is 4. The number of likely N-dealkylation sites (tertiary alicyclic amines) is 1. The highest BCUT2D eigenvalue weighted by Gasteiger charge is 2.46. The number of hydrogen-bond acceptors (Lipinski definition) is 4. The van der Waals surface area contributed by atoms with Crippen LogP contribution in [0.5, 0.6) is 0 Å². The molecule has 1 unspecified atom stereocenters. The second-order valence-electron chi connectivity index (χ2n) is 7.02. The number of aryl methyl sites for hydroxylation is 1. The van der Waals surface area contributed by atoms with Gasteiger partial charge >= 0.3 is 0 Å². The Kier molecular flexibility index (Phi) is 5.30. The van der Waals surface area contributed by atoms with E-state index in [0.29, 0.717) is 16.9 Å². The van der Waals surface area contributed by atoms with Crippen LogP contribution in [0.25, 0.3) is 5.76 Å². The van der Waals surface area contributed by atoms with Crippen LogP contribution in [0.15, 0.2) is 75.3 Å². The largest absolute Gasteiger partial charge is 0.507 e. The van der Waals surface area contributed by atoms with Gasteiger partial charge in [0.2, 0.25) is 0 Å². The van der Waals surface area contributed by atoms with E-state index in [1.807, 2.05) is 0 Å². The van der Waals surface area contributed by atoms with Gasteiger partial charge in [0.25, 0.3) is 11.7 Å². The van der Waals surface area contributed by atoms with Crippen LogP contribution in [0, 0.1) is 12.7 Å². The molecule has 0 radical (unpaired) electrons. The molecular weight excluding hydrogens is 453 g/mol. The summed E-state index contributed by atoms with van der Waals surface area (Å²) in [5.74, 6) is -2.01. The van der Waals surface area contributed by atoms with Crippen LogP contribution in [0.1, 0.15) is 28.5 Å². The third kappa shape index (κ3) is 3.57. The fraction of sp³-hybridized carbons (Fsp3) is 0.130. The molecule has 2 heterocycles. The van der Waals surface area contributed by atoms with Crippen LogP contribution in [0.3, 0.4) is 0 Å². The first kappa shape index (κ1) is 20.1. The molecule has 7 heteroatoms. The first-order chi connectivity index (χ1) is 14.4. The summed E-state index contributed by atoms with van der Waals surface area (Å²) in [5, 5.41) is 10.9. The number of hydrogen-bond donors (Lipinski definition) is 1. The minimum Gasteiger partial charge on any atom is -0.507 e. The Bertz CT molecular complexity index is 1150. The van der Waals surface area contributed by atoms with E-state index in [9.17, 15) is 19.1 Å². The molecule has 0 spiro atoms. The van der Waals surface area contributed by atoms with Crippen molar-refractivity contribution in [3.8, 4) is 0 Å². The Morgan fingerprint density at radius 1 is 1.17 bits per heavy atom. The lowest BCUT2D eigenvalue weighted by atomic mass is 9.95. The molecule has 0 bridgehead atoms. The molecule has 1 aliphatic heterocycles. The van der Waals surface area contributed by atoms with Crippen LogP contribution in [-0.2, 0) is 16.1 Å². The van der Waals surface area contributed by atoms with Crippen LogP contribution >= 0.6 is 15.9 Å². The average Bonchev–Trinajstić information content (AvgIpc) is 3.33.